The van der Waals surface area contributed by atoms with Gasteiger partial charge in [-0.1, -0.05) is 56.1 Å². The first-order valence-electron chi connectivity index (χ1n) is 6.99. The Balaban J connectivity index is 2.12. The number of alkyl halides is 1. The van der Waals surface area contributed by atoms with Gasteiger partial charge in [0.05, 0.1) is 0 Å². The molecule has 0 radical (unpaired) electrons. The Kier molecular flexibility index (Phi) is 4.47. The number of para-hydroxylation sites is 1. The highest BCUT2D eigenvalue weighted by Crippen LogP contribution is 2.36. The van der Waals surface area contributed by atoms with Crippen molar-refractivity contribution in [1.82, 2.24) is 0 Å². The van der Waals surface area contributed by atoms with Crippen LogP contribution in [0.5, 0.6) is 0 Å². The molecule has 1 aliphatic heterocycles. The van der Waals surface area contributed by atoms with Crippen LogP contribution in [0, 0.1) is 0 Å². The zero-order valence-corrected chi connectivity index (χ0v) is 14.5. The molecule has 1 aliphatic rings. The molecule has 0 saturated carbocycles. The normalized spacial score (nSPS) is 14.8. The fraction of sp³-hybridized carbons (Fsp3) is 0.294. The summed E-state index contributed by atoms with van der Waals surface area (Å²) >= 11 is 7.23. The van der Waals surface area contributed by atoms with Crippen LogP contribution in [-0.2, 0) is 11.8 Å². The van der Waals surface area contributed by atoms with Crippen LogP contribution < -0.4 is 4.90 Å². The van der Waals surface area contributed by atoms with Gasteiger partial charge in [-0.2, -0.15) is 0 Å². The molecule has 0 fully saturated rings. The summed E-state index contributed by atoms with van der Waals surface area (Å²) in [6.45, 7) is 1.09. The molecule has 0 spiro atoms. The van der Waals surface area contributed by atoms with Crippen molar-refractivity contribution in [2.24, 2.45) is 0 Å². The molecule has 0 atom stereocenters. The van der Waals surface area contributed by atoms with E-state index in [9.17, 15) is 0 Å². The van der Waals surface area contributed by atoms with Crippen molar-refractivity contribution in [3.63, 3.8) is 0 Å². The van der Waals surface area contributed by atoms with E-state index in [1.165, 1.54) is 41.8 Å². The molecule has 1 nitrogen and oxygen atoms in total. The van der Waals surface area contributed by atoms with Crippen molar-refractivity contribution < 1.29 is 0 Å². The van der Waals surface area contributed by atoms with Crippen LogP contribution in [0.2, 0.25) is 0 Å². The van der Waals surface area contributed by atoms with Gasteiger partial charge < -0.3 is 4.90 Å². The number of fused-ring (bicyclic) bond motifs is 1. The summed E-state index contributed by atoms with van der Waals surface area (Å²) < 4.78 is 1.14. The Morgan fingerprint density at radius 1 is 1.00 bits per heavy atom. The highest BCUT2D eigenvalue weighted by molar-refractivity contribution is 9.10. The number of halogens is 2. The Morgan fingerprint density at radius 2 is 1.85 bits per heavy atom. The van der Waals surface area contributed by atoms with Crippen molar-refractivity contribution in [2.45, 2.75) is 24.6 Å². The summed E-state index contributed by atoms with van der Waals surface area (Å²) in [5, 5.41) is 0.883. The standard InChI is InChI=1S/C17H17Br2N/c18-12-14-8-9-15(19)11-17(14)20-10-4-3-6-13-5-1-2-7-16(13)20/h1-2,5,7-9,11H,3-4,6,10,12H2. The van der Waals surface area contributed by atoms with Crippen LogP contribution in [0.3, 0.4) is 0 Å². The van der Waals surface area contributed by atoms with E-state index in [1.807, 2.05) is 0 Å². The van der Waals surface area contributed by atoms with E-state index < -0.39 is 0 Å². The van der Waals surface area contributed by atoms with Gasteiger partial charge in [0.25, 0.3) is 0 Å². The molecule has 3 heteroatoms. The molecular formula is C17H17Br2N. The van der Waals surface area contributed by atoms with Gasteiger partial charge in [0.1, 0.15) is 0 Å². The first-order valence-corrected chi connectivity index (χ1v) is 8.91. The maximum Gasteiger partial charge on any atom is 0.0463 e. The van der Waals surface area contributed by atoms with Gasteiger partial charge in [-0.05, 0) is 48.6 Å². The zero-order valence-electron chi connectivity index (χ0n) is 11.3. The van der Waals surface area contributed by atoms with Gasteiger partial charge in [0.2, 0.25) is 0 Å². The first kappa shape index (κ1) is 14.2. The second-order valence-electron chi connectivity index (χ2n) is 5.14. The third-order valence-corrected chi connectivity index (χ3v) is 4.94. The summed E-state index contributed by atoms with van der Waals surface area (Å²) in [5.74, 6) is 0. The monoisotopic (exact) mass is 393 g/mol. The van der Waals surface area contributed by atoms with Gasteiger partial charge in [-0.25, -0.2) is 0 Å². The van der Waals surface area contributed by atoms with Crippen molar-refractivity contribution >= 4 is 43.2 Å². The summed E-state index contributed by atoms with van der Waals surface area (Å²) in [6, 6.07) is 15.3. The molecule has 104 valence electrons. The summed E-state index contributed by atoms with van der Waals surface area (Å²) in [5.41, 5.74) is 5.48. The molecule has 0 N–H and O–H groups in total. The third-order valence-electron chi connectivity index (χ3n) is 3.84. The Hall–Kier alpha value is -0.800. The van der Waals surface area contributed by atoms with Gasteiger partial charge in [-0.3, -0.25) is 0 Å². The summed E-state index contributed by atoms with van der Waals surface area (Å²) in [4.78, 5) is 2.48. The van der Waals surface area contributed by atoms with Crippen LogP contribution >= 0.6 is 31.9 Å². The first-order chi connectivity index (χ1) is 9.79. The minimum Gasteiger partial charge on any atom is -0.341 e. The molecule has 3 rings (SSSR count). The van der Waals surface area contributed by atoms with Crippen LogP contribution in [0.25, 0.3) is 0 Å². The molecule has 0 unspecified atom stereocenters. The van der Waals surface area contributed by atoms with Gasteiger partial charge in [0, 0.05) is 27.7 Å². The highest BCUT2D eigenvalue weighted by atomic mass is 79.9. The van der Waals surface area contributed by atoms with E-state index in [0.29, 0.717) is 0 Å². The summed E-state index contributed by atoms with van der Waals surface area (Å²) in [7, 11) is 0. The quantitative estimate of drug-likeness (QED) is 0.580. The van der Waals surface area contributed by atoms with E-state index in [0.717, 1.165) is 16.3 Å². The van der Waals surface area contributed by atoms with E-state index in [4.69, 9.17) is 0 Å². The van der Waals surface area contributed by atoms with E-state index in [1.54, 1.807) is 0 Å². The predicted molar refractivity (Wildman–Crippen MR) is 93.2 cm³/mol. The molecule has 0 aliphatic carbocycles. The maximum atomic E-state index is 3.62. The number of rotatable bonds is 2. The Morgan fingerprint density at radius 3 is 2.70 bits per heavy atom. The van der Waals surface area contributed by atoms with Crippen molar-refractivity contribution in [2.75, 3.05) is 11.4 Å². The van der Waals surface area contributed by atoms with Gasteiger partial charge in [0.15, 0.2) is 0 Å². The molecule has 0 bridgehead atoms. The smallest absolute Gasteiger partial charge is 0.0463 e. The van der Waals surface area contributed by atoms with Crippen LogP contribution in [0.1, 0.15) is 24.0 Å². The second-order valence-corrected chi connectivity index (χ2v) is 6.62. The Bertz CT molecular complexity index is 610. The van der Waals surface area contributed by atoms with Gasteiger partial charge >= 0.3 is 0 Å². The lowest BCUT2D eigenvalue weighted by Crippen LogP contribution is -2.19. The average molecular weight is 395 g/mol. The van der Waals surface area contributed by atoms with Crippen LogP contribution in [0.15, 0.2) is 46.9 Å². The molecule has 20 heavy (non-hydrogen) atoms. The fourth-order valence-electron chi connectivity index (χ4n) is 2.84. The molecule has 0 amide bonds. The second kappa shape index (κ2) is 6.31. The molecule has 1 heterocycles. The zero-order chi connectivity index (χ0) is 13.9. The fourth-order valence-corrected chi connectivity index (χ4v) is 3.67. The lowest BCUT2D eigenvalue weighted by Gasteiger charge is -2.27. The number of hydrogen-bond donors (Lipinski definition) is 0. The number of anilines is 2. The number of benzene rings is 2. The highest BCUT2D eigenvalue weighted by Gasteiger charge is 2.18. The van der Waals surface area contributed by atoms with E-state index in [-0.39, 0.29) is 0 Å². The van der Waals surface area contributed by atoms with E-state index >= 15 is 0 Å². The molecule has 0 saturated heterocycles. The van der Waals surface area contributed by atoms with Crippen LogP contribution in [0.4, 0.5) is 11.4 Å². The topological polar surface area (TPSA) is 3.24 Å². The number of nitrogens with zero attached hydrogens (tertiary/aromatic N) is 1. The predicted octanol–water partition coefficient (Wildman–Crippen LogP) is 5.82. The van der Waals surface area contributed by atoms with E-state index in [2.05, 4.69) is 79.2 Å². The van der Waals surface area contributed by atoms with Crippen molar-refractivity contribution in [3.05, 3.63) is 58.1 Å². The molecule has 2 aromatic rings. The molecule has 0 aromatic heterocycles. The SMILES string of the molecule is BrCc1ccc(Br)cc1N1CCCCc2ccccc21. The summed E-state index contributed by atoms with van der Waals surface area (Å²) in [6.07, 6.45) is 3.69. The largest absolute Gasteiger partial charge is 0.341 e. The van der Waals surface area contributed by atoms with Crippen LogP contribution in [-0.4, -0.2) is 6.54 Å². The number of hydrogen-bond acceptors (Lipinski definition) is 1. The Labute approximate surface area is 137 Å². The minimum atomic E-state index is 0.883. The van der Waals surface area contributed by atoms with Gasteiger partial charge in [-0.15, -0.1) is 0 Å². The van der Waals surface area contributed by atoms with Crippen molar-refractivity contribution in [1.29, 1.82) is 0 Å². The molecular weight excluding hydrogens is 378 g/mol. The van der Waals surface area contributed by atoms with Crippen molar-refractivity contribution in [3.8, 4) is 0 Å². The minimum absolute atomic E-state index is 0.883. The lowest BCUT2D eigenvalue weighted by atomic mass is 10.1. The maximum absolute atomic E-state index is 3.62. The lowest BCUT2D eigenvalue weighted by molar-refractivity contribution is 0.760. The third kappa shape index (κ3) is 2.79. The number of aryl methyl sites for hydroxylation is 1. The molecule has 2 aromatic carbocycles. The average Bonchev–Trinajstić information content (AvgIpc) is 2.69.